The van der Waals surface area contributed by atoms with E-state index in [1.807, 2.05) is 6.07 Å². The second-order valence-corrected chi connectivity index (χ2v) is 6.66. The molecule has 0 amide bonds. The highest BCUT2D eigenvalue weighted by Crippen LogP contribution is 2.39. The molecular formula is C16H22BrNO2. The van der Waals surface area contributed by atoms with E-state index in [4.69, 9.17) is 9.47 Å². The summed E-state index contributed by atoms with van der Waals surface area (Å²) in [6.45, 7) is 1.95. The van der Waals surface area contributed by atoms with Crippen molar-refractivity contribution in [3.8, 4) is 11.5 Å². The molecule has 2 fully saturated rings. The number of methoxy groups -OCH3 is 1. The molecule has 1 saturated heterocycles. The van der Waals surface area contributed by atoms with E-state index in [0.29, 0.717) is 6.04 Å². The number of hydrogen-bond acceptors (Lipinski definition) is 3. The van der Waals surface area contributed by atoms with Gasteiger partial charge >= 0.3 is 0 Å². The van der Waals surface area contributed by atoms with Gasteiger partial charge in [-0.05, 0) is 56.7 Å². The average molecular weight is 340 g/mol. The summed E-state index contributed by atoms with van der Waals surface area (Å²) in [5.74, 6) is 2.53. The highest BCUT2D eigenvalue weighted by atomic mass is 79.9. The summed E-state index contributed by atoms with van der Waals surface area (Å²) in [7, 11) is 1.71. The number of ether oxygens (including phenoxy) is 2. The van der Waals surface area contributed by atoms with E-state index < -0.39 is 0 Å². The highest BCUT2D eigenvalue weighted by molar-refractivity contribution is 9.10. The largest absolute Gasteiger partial charge is 0.493 e. The molecule has 0 spiro atoms. The molecule has 1 aromatic carbocycles. The van der Waals surface area contributed by atoms with E-state index >= 15 is 0 Å². The smallest absolute Gasteiger partial charge is 0.165 e. The topological polar surface area (TPSA) is 30.5 Å². The summed E-state index contributed by atoms with van der Waals surface area (Å²) in [4.78, 5) is 0. The van der Waals surface area contributed by atoms with Crippen molar-refractivity contribution in [2.45, 2.75) is 38.1 Å². The Balaban J connectivity index is 1.82. The molecule has 1 aliphatic heterocycles. The van der Waals surface area contributed by atoms with Crippen LogP contribution in [0.1, 0.15) is 31.2 Å². The zero-order valence-corrected chi connectivity index (χ0v) is 13.5. The number of nitrogens with one attached hydrogen (secondary N) is 1. The molecule has 2 aliphatic rings. The molecule has 3 nitrogen and oxygen atoms in total. The zero-order valence-electron chi connectivity index (χ0n) is 12.0. The van der Waals surface area contributed by atoms with Crippen LogP contribution in [0.4, 0.5) is 0 Å². The third-order valence-corrected chi connectivity index (χ3v) is 4.90. The summed E-state index contributed by atoms with van der Waals surface area (Å²) < 4.78 is 12.7. The normalized spacial score (nSPS) is 22.0. The van der Waals surface area contributed by atoms with Crippen molar-refractivity contribution in [2.75, 3.05) is 20.3 Å². The van der Waals surface area contributed by atoms with E-state index in [-0.39, 0.29) is 0 Å². The summed E-state index contributed by atoms with van der Waals surface area (Å²) in [6.07, 6.45) is 6.11. The van der Waals surface area contributed by atoms with Crippen LogP contribution < -0.4 is 14.8 Å². The molecule has 1 unspecified atom stereocenters. The van der Waals surface area contributed by atoms with Crippen LogP contribution in [0, 0.1) is 5.92 Å². The molecule has 1 atom stereocenters. The van der Waals surface area contributed by atoms with Crippen molar-refractivity contribution in [2.24, 2.45) is 5.92 Å². The summed E-state index contributed by atoms with van der Waals surface area (Å²) >= 11 is 3.68. The predicted octanol–water partition coefficient (Wildman–Crippen LogP) is 3.54. The lowest BCUT2D eigenvalue weighted by Crippen LogP contribution is -2.24. The monoisotopic (exact) mass is 339 g/mol. The molecule has 0 bridgehead atoms. The quantitative estimate of drug-likeness (QED) is 0.859. The molecule has 20 heavy (non-hydrogen) atoms. The van der Waals surface area contributed by atoms with Gasteiger partial charge in [-0.2, -0.15) is 0 Å². The number of hydrogen-bond donors (Lipinski definition) is 1. The molecule has 0 radical (unpaired) electrons. The van der Waals surface area contributed by atoms with Gasteiger partial charge in [0.05, 0.1) is 13.7 Å². The minimum atomic E-state index is 0.557. The van der Waals surface area contributed by atoms with Crippen molar-refractivity contribution in [1.29, 1.82) is 0 Å². The minimum absolute atomic E-state index is 0.557. The Bertz CT molecular complexity index is 468. The molecule has 1 saturated carbocycles. The Hall–Kier alpha value is -0.740. The molecule has 0 aromatic heterocycles. The third-order valence-electron chi connectivity index (χ3n) is 4.16. The van der Waals surface area contributed by atoms with Crippen LogP contribution in [-0.2, 0) is 6.42 Å². The van der Waals surface area contributed by atoms with E-state index in [9.17, 15) is 0 Å². The van der Waals surface area contributed by atoms with Crippen LogP contribution in [-0.4, -0.2) is 26.3 Å². The predicted molar refractivity (Wildman–Crippen MR) is 83.6 cm³/mol. The van der Waals surface area contributed by atoms with Gasteiger partial charge in [-0.3, -0.25) is 0 Å². The van der Waals surface area contributed by atoms with Crippen LogP contribution >= 0.6 is 15.9 Å². The first-order valence-corrected chi connectivity index (χ1v) is 8.28. The standard InChI is InChI=1S/C16H22BrNO2/c1-19-15-7-6-14(17)13(9-12-3-2-8-18-12)16(15)20-10-11-4-5-11/h6-7,11-12,18H,2-5,8-10H2,1H3. The first-order valence-electron chi connectivity index (χ1n) is 7.49. The first kappa shape index (κ1) is 14.2. The highest BCUT2D eigenvalue weighted by Gasteiger charge is 2.25. The van der Waals surface area contributed by atoms with Crippen LogP contribution in [0.5, 0.6) is 11.5 Å². The fourth-order valence-electron chi connectivity index (χ4n) is 2.75. The molecule has 1 aliphatic carbocycles. The summed E-state index contributed by atoms with van der Waals surface area (Å²) in [5, 5.41) is 3.56. The van der Waals surface area contributed by atoms with E-state index in [0.717, 1.165) is 41.5 Å². The minimum Gasteiger partial charge on any atom is -0.493 e. The summed E-state index contributed by atoms with van der Waals surface area (Å²) in [6, 6.07) is 4.60. The molecular weight excluding hydrogens is 318 g/mol. The van der Waals surface area contributed by atoms with Crippen molar-refractivity contribution in [1.82, 2.24) is 5.32 Å². The Kier molecular flexibility index (Phi) is 4.51. The molecule has 1 heterocycles. The first-order chi connectivity index (χ1) is 9.78. The second kappa shape index (κ2) is 6.35. The van der Waals surface area contributed by atoms with Gasteiger partial charge in [0.15, 0.2) is 11.5 Å². The van der Waals surface area contributed by atoms with Crippen molar-refractivity contribution in [3.63, 3.8) is 0 Å². The molecule has 4 heteroatoms. The van der Waals surface area contributed by atoms with E-state index in [1.54, 1.807) is 7.11 Å². The lowest BCUT2D eigenvalue weighted by Gasteiger charge is -2.19. The van der Waals surface area contributed by atoms with Crippen LogP contribution in [0.3, 0.4) is 0 Å². The molecule has 1 aromatic rings. The van der Waals surface area contributed by atoms with Gasteiger partial charge < -0.3 is 14.8 Å². The van der Waals surface area contributed by atoms with Crippen molar-refractivity contribution < 1.29 is 9.47 Å². The maximum atomic E-state index is 6.09. The Labute approximate surface area is 129 Å². The lowest BCUT2D eigenvalue weighted by molar-refractivity contribution is 0.276. The molecule has 110 valence electrons. The Morgan fingerprint density at radius 3 is 2.80 bits per heavy atom. The second-order valence-electron chi connectivity index (χ2n) is 5.81. The van der Waals surface area contributed by atoms with Gasteiger partial charge in [-0.15, -0.1) is 0 Å². The summed E-state index contributed by atoms with van der Waals surface area (Å²) in [5.41, 5.74) is 1.24. The van der Waals surface area contributed by atoms with Gasteiger partial charge in [0, 0.05) is 16.1 Å². The van der Waals surface area contributed by atoms with Crippen molar-refractivity contribution >= 4 is 15.9 Å². The Morgan fingerprint density at radius 1 is 1.30 bits per heavy atom. The Morgan fingerprint density at radius 2 is 2.15 bits per heavy atom. The molecule has 1 N–H and O–H groups in total. The average Bonchev–Trinajstić information content (AvgIpc) is 3.14. The van der Waals surface area contributed by atoms with Crippen molar-refractivity contribution in [3.05, 3.63) is 22.2 Å². The van der Waals surface area contributed by atoms with E-state index in [2.05, 4.69) is 27.3 Å². The van der Waals surface area contributed by atoms with Gasteiger partial charge in [0.25, 0.3) is 0 Å². The number of benzene rings is 1. The molecule has 3 rings (SSSR count). The van der Waals surface area contributed by atoms with Gasteiger partial charge in [-0.25, -0.2) is 0 Å². The fraction of sp³-hybridized carbons (Fsp3) is 0.625. The maximum Gasteiger partial charge on any atom is 0.165 e. The number of rotatable bonds is 6. The van der Waals surface area contributed by atoms with Crippen LogP contribution in [0.15, 0.2) is 16.6 Å². The SMILES string of the molecule is COc1ccc(Br)c(CC2CCCN2)c1OCC1CC1. The van der Waals surface area contributed by atoms with Gasteiger partial charge in [0.1, 0.15) is 0 Å². The number of halogens is 1. The maximum absolute atomic E-state index is 6.09. The third kappa shape index (κ3) is 3.29. The van der Waals surface area contributed by atoms with Gasteiger partial charge in [0.2, 0.25) is 0 Å². The fourth-order valence-corrected chi connectivity index (χ4v) is 3.23. The van der Waals surface area contributed by atoms with E-state index in [1.165, 1.54) is 31.2 Å². The van der Waals surface area contributed by atoms with Gasteiger partial charge in [-0.1, -0.05) is 15.9 Å². The van der Waals surface area contributed by atoms with Crippen LogP contribution in [0.2, 0.25) is 0 Å². The van der Waals surface area contributed by atoms with Crippen LogP contribution in [0.25, 0.3) is 0 Å². The lowest BCUT2D eigenvalue weighted by atomic mass is 10.0. The zero-order chi connectivity index (χ0) is 13.9.